The van der Waals surface area contributed by atoms with Gasteiger partial charge in [0.1, 0.15) is 0 Å². The van der Waals surface area contributed by atoms with Gasteiger partial charge >= 0.3 is 0 Å². The fourth-order valence-electron chi connectivity index (χ4n) is 2.70. The summed E-state index contributed by atoms with van der Waals surface area (Å²) in [6.45, 7) is 5.92. The lowest BCUT2D eigenvalue weighted by Gasteiger charge is -2.13. The topological polar surface area (TPSA) is 53.6 Å². The van der Waals surface area contributed by atoms with Crippen molar-refractivity contribution < 1.29 is 0 Å². The van der Waals surface area contributed by atoms with Gasteiger partial charge in [0.25, 0.3) is 0 Å². The van der Waals surface area contributed by atoms with Gasteiger partial charge in [0, 0.05) is 12.2 Å². The lowest BCUT2D eigenvalue weighted by molar-refractivity contribution is 0.401. The number of nitrogens with one attached hydrogen (secondary N) is 1. The summed E-state index contributed by atoms with van der Waals surface area (Å²) in [6, 6.07) is 16.8. The predicted octanol–water partition coefficient (Wildman–Crippen LogP) is 4.19. The normalized spacial score (nSPS) is 13.1. The Labute approximate surface area is 151 Å². The molecule has 3 N–H and O–H groups in total. The Balaban J connectivity index is 2.00. The van der Waals surface area contributed by atoms with Gasteiger partial charge < -0.3 is 16.0 Å². The molecule has 2 aromatic rings. The summed E-state index contributed by atoms with van der Waals surface area (Å²) in [7, 11) is 4.14. The molecule has 0 saturated heterocycles. The highest BCUT2D eigenvalue weighted by Gasteiger charge is 2.04. The summed E-state index contributed by atoms with van der Waals surface area (Å²) in [5.41, 5.74) is 10.9. The molecule has 0 saturated carbocycles. The molecule has 4 heteroatoms. The van der Waals surface area contributed by atoms with Gasteiger partial charge in [0.2, 0.25) is 0 Å². The van der Waals surface area contributed by atoms with Crippen molar-refractivity contribution in [3.05, 3.63) is 65.2 Å². The molecule has 0 aliphatic heterocycles. The minimum absolute atomic E-state index is 0.441. The molecular formula is C21H30N4. The van der Waals surface area contributed by atoms with E-state index < -0.39 is 0 Å². The number of aliphatic imine (C=N–C) groups is 1. The quantitative estimate of drug-likeness (QED) is 0.588. The fraction of sp³-hybridized carbons (Fsp3) is 0.381. The fourth-order valence-corrected chi connectivity index (χ4v) is 2.70. The number of benzene rings is 2. The van der Waals surface area contributed by atoms with Gasteiger partial charge in [-0.05, 0) is 55.3 Å². The van der Waals surface area contributed by atoms with E-state index in [1.54, 1.807) is 0 Å². The van der Waals surface area contributed by atoms with Crippen molar-refractivity contribution in [1.29, 1.82) is 0 Å². The van der Waals surface area contributed by atoms with Crippen LogP contribution < -0.4 is 11.1 Å². The number of hydrogen-bond donors (Lipinski definition) is 2. The zero-order valence-electron chi connectivity index (χ0n) is 15.8. The second kappa shape index (κ2) is 9.23. The van der Waals surface area contributed by atoms with Crippen molar-refractivity contribution in [3.63, 3.8) is 0 Å². The van der Waals surface area contributed by atoms with E-state index >= 15 is 0 Å². The van der Waals surface area contributed by atoms with Gasteiger partial charge in [0.05, 0.1) is 6.54 Å². The number of nitrogens with two attached hydrogens (primary N) is 1. The molecule has 0 aliphatic rings. The zero-order valence-corrected chi connectivity index (χ0v) is 15.8. The molecule has 0 heterocycles. The van der Waals surface area contributed by atoms with Crippen LogP contribution in [0.3, 0.4) is 0 Å². The molecule has 134 valence electrons. The van der Waals surface area contributed by atoms with Crippen LogP contribution in [0.4, 0.5) is 5.69 Å². The molecule has 2 rings (SSSR count). The third kappa shape index (κ3) is 5.91. The summed E-state index contributed by atoms with van der Waals surface area (Å²) < 4.78 is 0. The van der Waals surface area contributed by atoms with E-state index in [0.717, 1.165) is 18.7 Å². The number of anilines is 1. The number of guanidine groups is 1. The van der Waals surface area contributed by atoms with Crippen LogP contribution in [0.15, 0.2) is 53.5 Å². The minimum Gasteiger partial charge on any atom is -0.370 e. The van der Waals surface area contributed by atoms with Crippen molar-refractivity contribution in [2.24, 2.45) is 10.7 Å². The van der Waals surface area contributed by atoms with E-state index in [9.17, 15) is 0 Å². The van der Waals surface area contributed by atoms with E-state index in [2.05, 4.69) is 85.6 Å². The van der Waals surface area contributed by atoms with Crippen LogP contribution in [-0.2, 0) is 13.1 Å². The van der Waals surface area contributed by atoms with Gasteiger partial charge in [-0.2, -0.15) is 0 Å². The standard InChI is InChI=1S/C21H30N4/c1-5-16(2)17-10-12-20(13-11-17)24-21(22)23-14-18-8-6-7-9-19(18)15-25(3)4/h6-13,16H,5,14-15H2,1-4H3,(H3,22,23,24). The van der Waals surface area contributed by atoms with Gasteiger partial charge in [-0.25, -0.2) is 4.99 Å². The molecule has 0 amide bonds. The van der Waals surface area contributed by atoms with Crippen molar-refractivity contribution >= 4 is 11.6 Å². The summed E-state index contributed by atoms with van der Waals surface area (Å²) in [5, 5.41) is 3.17. The molecule has 4 nitrogen and oxygen atoms in total. The van der Waals surface area contributed by atoms with E-state index in [1.807, 2.05) is 6.07 Å². The monoisotopic (exact) mass is 338 g/mol. The molecule has 1 atom stereocenters. The summed E-state index contributed by atoms with van der Waals surface area (Å²) >= 11 is 0. The number of hydrogen-bond acceptors (Lipinski definition) is 2. The van der Waals surface area contributed by atoms with E-state index in [4.69, 9.17) is 5.73 Å². The minimum atomic E-state index is 0.441. The molecule has 0 fully saturated rings. The third-order valence-electron chi connectivity index (χ3n) is 4.39. The van der Waals surface area contributed by atoms with Gasteiger partial charge in [-0.15, -0.1) is 0 Å². The van der Waals surface area contributed by atoms with Crippen LogP contribution in [0.25, 0.3) is 0 Å². The molecule has 0 radical (unpaired) electrons. The van der Waals surface area contributed by atoms with Crippen molar-refractivity contribution in [1.82, 2.24) is 4.90 Å². The average Bonchev–Trinajstić information content (AvgIpc) is 2.60. The Bertz CT molecular complexity index is 689. The molecule has 1 unspecified atom stereocenters. The first kappa shape index (κ1) is 19.0. The van der Waals surface area contributed by atoms with Crippen molar-refractivity contribution in [2.45, 2.75) is 39.3 Å². The second-order valence-corrected chi connectivity index (χ2v) is 6.76. The summed E-state index contributed by atoms with van der Waals surface area (Å²) in [6.07, 6.45) is 1.14. The smallest absolute Gasteiger partial charge is 0.193 e. The Morgan fingerprint density at radius 3 is 2.32 bits per heavy atom. The van der Waals surface area contributed by atoms with Crippen molar-refractivity contribution in [2.75, 3.05) is 19.4 Å². The molecule has 0 spiro atoms. The van der Waals surface area contributed by atoms with Gasteiger partial charge in [-0.3, -0.25) is 0 Å². The van der Waals surface area contributed by atoms with Crippen molar-refractivity contribution in [3.8, 4) is 0 Å². The first-order valence-electron chi connectivity index (χ1n) is 8.88. The first-order valence-corrected chi connectivity index (χ1v) is 8.88. The Hall–Kier alpha value is -2.33. The van der Waals surface area contributed by atoms with Crippen LogP contribution in [-0.4, -0.2) is 25.0 Å². The Kier molecular flexibility index (Phi) is 7.02. The SMILES string of the molecule is CCC(C)c1ccc(NC(N)=NCc2ccccc2CN(C)C)cc1. The number of nitrogens with zero attached hydrogens (tertiary/aromatic N) is 2. The summed E-state index contributed by atoms with van der Waals surface area (Å²) in [4.78, 5) is 6.65. The highest BCUT2D eigenvalue weighted by atomic mass is 15.1. The summed E-state index contributed by atoms with van der Waals surface area (Å²) in [5.74, 6) is 1.02. The maximum Gasteiger partial charge on any atom is 0.193 e. The zero-order chi connectivity index (χ0) is 18.2. The van der Waals surface area contributed by atoms with Gasteiger partial charge in [0.15, 0.2) is 5.96 Å². The van der Waals surface area contributed by atoms with Crippen LogP contribution in [0.5, 0.6) is 0 Å². The van der Waals surface area contributed by atoms with E-state index in [-0.39, 0.29) is 0 Å². The molecular weight excluding hydrogens is 308 g/mol. The molecule has 0 bridgehead atoms. The Morgan fingerprint density at radius 1 is 1.08 bits per heavy atom. The number of rotatable bonds is 7. The van der Waals surface area contributed by atoms with Crippen LogP contribution in [0, 0.1) is 0 Å². The lowest BCUT2D eigenvalue weighted by atomic mass is 9.99. The highest BCUT2D eigenvalue weighted by molar-refractivity contribution is 5.92. The first-order chi connectivity index (χ1) is 12.0. The third-order valence-corrected chi connectivity index (χ3v) is 4.39. The van der Waals surface area contributed by atoms with Gasteiger partial charge in [-0.1, -0.05) is 50.2 Å². The van der Waals surface area contributed by atoms with Crippen LogP contribution >= 0.6 is 0 Å². The van der Waals surface area contributed by atoms with Crippen LogP contribution in [0.1, 0.15) is 42.9 Å². The Morgan fingerprint density at radius 2 is 1.72 bits per heavy atom. The molecule has 0 aromatic heterocycles. The molecule has 25 heavy (non-hydrogen) atoms. The lowest BCUT2D eigenvalue weighted by Crippen LogP contribution is -2.22. The van der Waals surface area contributed by atoms with E-state index in [1.165, 1.54) is 16.7 Å². The van der Waals surface area contributed by atoms with Crippen LogP contribution in [0.2, 0.25) is 0 Å². The predicted molar refractivity (Wildman–Crippen MR) is 108 cm³/mol. The highest BCUT2D eigenvalue weighted by Crippen LogP contribution is 2.20. The van der Waals surface area contributed by atoms with E-state index in [0.29, 0.717) is 18.4 Å². The molecule has 0 aliphatic carbocycles. The second-order valence-electron chi connectivity index (χ2n) is 6.76. The largest absolute Gasteiger partial charge is 0.370 e. The average molecular weight is 338 g/mol. The molecule has 2 aromatic carbocycles. The maximum absolute atomic E-state index is 6.06. The maximum atomic E-state index is 6.06.